The first-order valence-electron chi connectivity index (χ1n) is 3.96. The van der Waals surface area contributed by atoms with Crippen molar-refractivity contribution >= 4 is 34.4 Å². The van der Waals surface area contributed by atoms with Crippen LogP contribution in [0.1, 0.15) is 23.1 Å². The van der Waals surface area contributed by atoms with E-state index in [1.54, 1.807) is 13.0 Å². The van der Waals surface area contributed by atoms with Gasteiger partial charge in [-0.15, -0.1) is 0 Å². The number of aromatic nitrogens is 2. The van der Waals surface area contributed by atoms with Crippen LogP contribution in [-0.4, -0.2) is 27.2 Å². The number of hydrogen-bond donors (Lipinski definition) is 1. The maximum absolute atomic E-state index is 11.4. The Balaban J connectivity index is 2.93. The summed E-state index contributed by atoms with van der Waals surface area (Å²) in [5, 5.41) is 12.9. The Bertz CT molecular complexity index is 329. The Hall–Kier alpha value is -0.200. The molecule has 1 aromatic rings. The van der Waals surface area contributed by atoms with Gasteiger partial charge in [0.05, 0.1) is 25.3 Å². The fourth-order valence-corrected chi connectivity index (χ4v) is 2.44. The molecule has 0 radical (unpaired) electrons. The molecule has 0 amide bonds. The maximum Gasteiger partial charge on any atom is 0.356 e. The second kappa shape index (κ2) is 5.63. The molecule has 1 heterocycles. The molecule has 0 saturated carbocycles. The van der Waals surface area contributed by atoms with Crippen molar-refractivity contribution in [3.05, 3.63) is 17.5 Å². The third-order valence-electron chi connectivity index (χ3n) is 1.49. The van der Waals surface area contributed by atoms with Crippen LogP contribution in [0.15, 0.2) is 6.07 Å². The van der Waals surface area contributed by atoms with Gasteiger partial charge in [0.15, 0.2) is 5.69 Å². The van der Waals surface area contributed by atoms with Gasteiger partial charge in [0, 0.05) is 0 Å². The molecule has 78 valence electrons. The third kappa shape index (κ3) is 2.65. The van der Waals surface area contributed by atoms with Gasteiger partial charge < -0.3 is 9.84 Å². The lowest BCUT2D eigenvalue weighted by molar-refractivity contribution is 0.0518. The molecular formula is C7H10IN2O3P. The molecule has 1 atom stereocenters. The number of esters is 1. The van der Waals surface area contributed by atoms with Crippen molar-refractivity contribution in [3.63, 3.8) is 0 Å². The molecule has 0 bridgehead atoms. The van der Waals surface area contributed by atoms with Crippen LogP contribution in [0.3, 0.4) is 0 Å². The predicted octanol–water partition coefficient (Wildman–Crippen LogP) is 1.34. The summed E-state index contributed by atoms with van der Waals surface area (Å²) in [7, 11) is 0. The third-order valence-corrected chi connectivity index (χ3v) is 3.36. The molecule has 0 saturated heterocycles. The average molecular weight is 328 g/mol. The topological polar surface area (TPSA) is 64.3 Å². The lowest BCUT2D eigenvalue weighted by Crippen LogP contribution is -2.08. The first-order valence-corrected chi connectivity index (χ1v) is 8.02. The fraction of sp³-hybridized carbons (Fsp3) is 0.429. The van der Waals surface area contributed by atoms with Crippen molar-refractivity contribution in [2.45, 2.75) is 13.5 Å². The summed E-state index contributed by atoms with van der Waals surface area (Å²) in [6, 6.07) is 1.55. The minimum absolute atomic E-state index is 0.166. The Morgan fingerprint density at radius 2 is 2.57 bits per heavy atom. The van der Waals surface area contributed by atoms with Crippen LogP contribution in [0, 0.1) is 0 Å². The SMILES string of the molecule is CCOC(=O)c1cc(CO)nn1PI. The number of rotatable bonds is 4. The number of halogens is 1. The molecule has 14 heavy (non-hydrogen) atoms. The smallest absolute Gasteiger partial charge is 0.356 e. The van der Waals surface area contributed by atoms with E-state index >= 15 is 0 Å². The van der Waals surface area contributed by atoms with E-state index in [0.717, 1.165) is 0 Å². The number of nitrogens with zero attached hydrogens (tertiary/aromatic N) is 2. The number of carbonyl (C=O) groups excluding carboxylic acids is 1. The standard InChI is InChI=1S/C7H10IN2O3P/c1-2-13-7(12)6-3-5(4-11)9-10(6)14-8/h3,11,14H,2,4H2,1H3. The molecule has 0 spiro atoms. The molecule has 0 aliphatic rings. The molecular weight excluding hydrogens is 318 g/mol. The summed E-state index contributed by atoms with van der Waals surface area (Å²) in [5.41, 5.74) is 0.876. The van der Waals surface area contributed by atoms with Crippen LogP contribution in [-0.2, 0) is 11.3 Å². The summed E-state index contributed by atoms with van der Waals surface area (Å²) >= 11 is 2.11. The predicted molar refractivity (Wildman–Crippen MR) is 61.8 cm³/mol. The van der Waals surface area contributed by atoms with Crippen LogP contribution in [0.4, 0.5) is 0 Å². The van der Waals surface area contributed by atoms with Gasteiger partial charge in [0.2, 0.25) is 0 Å². The fourth-order valence-electron chi connectivity index (χ4n) is 0.922. The van der Waals surface area contributed by atoms with Gasteiger partial charge in [-0.3, -0.25) is 0 Å². The quantitative estimate of drug-likeness (QED) is 0.515. The van der Waals surface area contributed by atoms with E-state index < -0.39 is 5.97 Å². The van der Waals surface area contributed by atoms with Crippen LogP contribution >= 0.6 is 28.4 Å². The minimum Gasteiger partial charge on any atom is -0.461 e. The normalized spacial score (nSPS) is 11.1. The zero-order valence-corrected chi connectivity index (χ0v) is 10.7. The van der Waals surface area contributed by atoms with Crippen molar-refractivity contribution in [1.82, 2.24) is 9.55 Å². The molecule has 0 fully saturated rings. The Labute approximate surface area is 96.1 Å². The molecule has 0 aromatic carbocycles. The largest absolute Gasteiger partial charge is 0.461 e. The van der Waals surface area contributed by atoms with E-state index in [-0.39, 0.29) is 6.61 Å². The average Bonchev–Trinajstić information content (AvgIpc) is 2.61. The second-order valence-corrected chi connectivity index (χ2v) is 4.44. The van der Waals surface area contributed by atoms with Crippen LogP contribution in [0.5, 0.6) is 0 Å². The first kappa shape index (κ1) is 11.9. The molecule has 1 unspecified atom stereocenters. The highest BCUT2D eigenvalue weighted by Crippen LogP contribution is 2.25. The minimum atomic E-state index is -0.399. The van der Waals surface area contributed by atoms with Gasteiger partial charge in [-0.1, -0.05) is 0 Å². The number of aliphatic hydroxyl groups excluding tert-OH is 1. The van der Waals surface area contributed by atoms with E-state index in [0.29, 0.717) is 24.4 Å². The molecule has 1 rings (SSSR count). The molecule has 5 nitrogen and oxygen atoms in total. The molecule has 0 aliphatic carbocycles. The van der Waals surface area contributed by atoms with Crippen LogP contribution in [0.25, 0.3) is 0 Å². The Morgan fingerprint density at radius 1 is 1.86 bits per heavy atom. The summed E-state index contributed by atoms with van der Waals surface area (Å²) < 4.78 is 6.38. The summed E-state index contributed by atoms with van der Waals surface area (Å²) in [4.78, 5) is 11.4. The molecule has 7 heteroatoms. The van der Waals surface area contributed by atoms with Crippen molar-refractivity contribution < 1.29 is 14.6 Å². The number of hydrogen-bond acceptors (Lipinski definition) is 4. The van der Waals surface area contributed by atoms with Gasteiger partial charge in [-0.25, -0.2) is 9.25 Å². The number of carbonyl (C=O) groups is 1. The summed E-state index contributed by atoms with van der Waals surface area (Å²) in [6.45, 7) is 1.92. The van der Waals surface area contributed by atoms with E-state index in [4.69, 9.17) is 9.84 Å². The zero-order valence-electron chi connectivity index (χ0n) is 7.53. The maximum atomic E-state index is 11.4. The first-order chi connectivity index (χ1) is 6.72. The van der Waals surface area contributed by atoms with Crippen molar-refractivity contribution in [3.8, 4) is 0 Å². The monoisotopic (exact) mass is 328 g/mol. The van der Waals surface area contributed by atoms with E-state index in [2.05, 4.69) is 27.1 Å². The van der Waals surface area contributed by atoms with E-state index in [1.165, 1.54) is 4.45 Å². The van der Waals surface area contributed by atoms with E-state index in [9.17, 15) is 4.79 Å². The summed E-state index contributed by atoms with van der Waals surface area (Å²) in [6.07, 6.45) is 0.314. The van der Waals surface area contributed by atoms with Gasteiger partial charge in [-0.2, -0.15) is 5.10 Å². The van der Waals surface area contributed by atoms with Crippen LogP contribution in [0.2, 0.25) is 0 Å². The van der Waals surface area contributed by atoms with Gasteiger partial charge in [0.25, 0.3) is 0 Å². The highest BCUT2D eigenvalue weighted by atomic mass is 127. The van der Waals surface area contributed by atoms with Crippen LogP contribution < -0.4 is 0 Å². The number of aliphatic hydroxyl groups is 1. The lowest BCUT2D eigenvalue weighted by atomic mass is 10.4. The van der Waals surface area contributed by atoms with Gasteiger partial charge >= 0.3 is 5.97 Å². The van der Waals surface area contributed by atoms with Crippen molar-refractivity contribution in [1.29, 1.82) is 0 Å². The molecule has 0 aliphatic heterocycles. The highest BCUT2D eigenvalue weighted by Gasteiger charge is 2.15. The van der Waals surface area contributed by atoms with Crippen molar-refractivity contribution in [2.24, 2.45) is 0 Å². The second-order valence-electron chi connectivity index (χ2n) is 2.40. The molecule has 1 N–H and O–H groups in total. The zero-order chi connectivity index (χ0) is 10.6. The Morgan fingerprint density at radius 3 is 3.07 bits per heavy atom. The highest BCUT2D eigenvalue weighted by molar-refractivity contribution is 14.2. The Kier molecular flexibility index (Phi) is 4.77. The van der Waals surface area contributed by atoms with Gasteiger partial charge in [0.1, 0.15) is 0 Å². The summed E-state index contributed by atoms with van der Waals surface area (Å²) in [5.74, 6) is -0.399. The number of ether oxygens (including phenoxy) is 1. The molecule has 1 aromatic heterocycles. The van der Waals surface area contributed by atoms with Crippen molar-refractivity contribution in [2.75, 3.05) is 6.61 Å². The van der Waals surface area contributed by atoms with Gasteiger partial charge in [-0.05, 0) is 35.0 Å². The van der Waals surface area contributed by atoms with E-state index in [1.807, 2.05) is 0 Å². The lowest BCUT2D eigenvalue weighted by Gasteiger charge is -2.01.